The number of benzene rings is 1. The van der Waals surface area contributed by atoms with Gasteiger partial charge in [-0.2, -0.15) is 0 Å². The van der Waals surface area contributed by atoms with Crippen molar-refractivity contribution in [1.82, 2.24) is 5.32 Å². The lowest BCUT2D eigenvalue weighted by molar-refractivity contribution is 0.0393. The zero-order valence-corrected chi connectivity index (χ0v) is 13.5. The van der Waals surface area contributed by atoms with Gasteiger partial charge in [0.15, 0.2) is 0 Å². The van der Waals surface area contributed by atoms with E-state index in [9.17, 15) is 0 Å². The van der Waals surface area contributed by atoms with Crippen molar-refractivity contribution in [2.24, 2.45) is 5.92 Å². The van der Waals surface area contributed by atoms with Gasteiger partial charge >= 0.3 is 0 Å². The largest absolute Gasteiger partial charge is 0.381 e. The zero-order chi connectivity index (χ0) is 13.0. The summed E-state index contributed by atoms with van der Waals surface area (Å²) in [4.78, 5) is 0. The fraction of sp³-hybridized carbons (Fsp3) is 0.571. The third kappa shape index (κ3) is 3.59. The molecule has 1 aliphatic rings. The minimum Gasteiger partial charge on any atom is -0.381 e. The van der Waals surface area contributed by atoms with Crippen LogP contribution in [0.4, 0.5) is 0 Å². The highest BCUT2D eigenvalue weighted by Crippen LogP contribution is 2.31. The Labute approximate surface area is 128 Å². The van der Waals surface area contributed by atoms with Crippen LogP contribution < -0.4 is 5.32 Å². The third-order valence-corrected chi connectivity index (χ3v) is 4.97. The van der Waals surface area contributed by atoms with E-state index in [1.54, 1.807) is 0 Å². The van der Waals surface area contributed by atoms with Gasteiger partial charge in [-0.25, -0.2) is 0 Å². The van der Waals surface area contributed by atoms with Crippen LogP contribution in [-0.2, 0) is 4.74 Å². The molecule has 0 radical (unpaired) electrons. The number of hydrogen-bond donors (Lipinski definition) is 1. The molecule has 0 aliphatic carbocycles. The maximum atomic E-state index is 6.23. The molecule has 0 aromatic heterocycles. The second-order valence-corrected chi connectivity index (χ2v) is 6.26. The first kappa shape index (κ1) is 14.6. The highest BCUT2D eigenvalue weighted by molar-refractivity contribution is 14.1. The van der Waals surface area contributed by atoms with Crippen molar-refractivity contribution in [3.63, 3.8) is 0 Å². The number of hydrogen-bond acceptors (Lipinski definition) is 2. The third-order valence-electron chi connectivity index (χ3n) is 3.39. The normalized spacial score (nSPS) is 21.8. The smallest absolute Gasteiger partial charge is 0.0542 e. The highest BCUT2D eigenvalue weighted by atomic mass is 127. The second-order valence-electron chi connectivity index (χ2n) is 4.69. The molecule has 1 fully saturated rings. The van der Waals surface area contributed by atoms with E-state index < -0.39 is 0 Å². The Morgan fingerprint density at radius 3 is 3.00 bits per heavy atom. The number of rotatable bonds is 4. The molecule has 2 nitrogen and oxygen atoms in total. The van der Waals surface area contributed by atoms with Crippen LogP contribution in [-0.4, -0.2) is 19.8 Å². The molecule has 2 rings (SSSR count). The average molecular weight is 380 g/mol. The summed E-state index contributed by atoms with van der Waals surface area (Å²) in [6, 6.07) is 6.71. The second kappa shape index (κ2) is 7.08. The molecule has 2 unspecified atom stereocenters. The van der Waals surface area contributed by atoms with Crippen molar-refractivity contribution in [2.45, 2.75) is 25.8 Å². The summed E-state index contributed by atoms with van der Waals surface area (Å²) >= 11 is 8.49. The molecule has 1 aromatic carbocycles. The van der Waals surface area contributed by atoms with Crippen LogP contribution in [0.3, 0.4) is 0 Å². The summed E-state index contributed by atoms with van der Waals surface area (Å²) in [6.45, 7) is 4.86. The molecule has 1 heterocycles. The maximum Gasteiger partial charge on any atom is 0.0542 e. The quantitative estimate of drug-likeness (QED) is 0.798. The van der Waals surface area contributed by atoms with Gasteiger partial charge in [-0.1, -0.05) is 24.6 Å². The Kier molecular flexibility index (Phi) is 5.73. The van der Waals surface area contributed by atoms with Crippen LogP contribution in [0.5, 0.6) is 0 Å². The standard InChI is InChI=1S/C14H19ClINO/c1-2-17-14(11-4-3-7-18-9-11)10-5-6-13(16)12(15)8-10/h5-6,8,11,14,17H,2-4,7,9H2,1H3. The van der Waals surface area contributed by atoms with Gasteiger partial charge in [-0.05, 0) is 59.7 Å². The maximum absolute atomic E-state index is 6.23. The van der Waals surface area contributed by atoms with Gasteiger partial charge in [-0.3, -0.25) is 0 Å². The van der Waals surface area contributed by atoms with Gasteiger partial charge < -0.3 is 10.1 Å². The Balaban J connectivity index is 2.19. The Morgan fingerprint density at radius 2 is 2.39 bits per heavy atom. The Hall–Kier alpha value is 0.160. The van der Waals surface area contributed by atoms with E-state index in [0.717, 1.165) is 34.8 Å². The predicted octanol–water partition coefficient (Wildman–Crippen LogP) is 4.02. The van der Waals surface area contributed by atoms with Gasteiger partial charge in [0.2, 0.25) is 0 Å². The molecule has 1 aromatic rings. The fourth-order valence-corrected chi connectivity index (χ4v) is 3.04. The monoisotopic (exact) mass is 379 g/mol. The molecular weight excluding hydrogens is 361 g/mol. The molecule has 1 saturated heterocycles. The van der Waals surface area contributed by atoms with Crippen LogP contribution in [0.1, 0.15) is 31.4 Å². The lowest BCUT2D eigenvalue weighted by Crippen LogP contribution is -2.33. The minimum atomic E-state index is 0.352. The molecule has 0 bridgehead atoms. The first-order valence-electron chi connectivity index (χ1n) is 6.48. The van der Waals surface area contributed by atoms with Crippen LogP contribution in [0.25, 0.3) is 0 Å². The van der Waals surface area contributed by atoms with Gasteiger partial charge in [-0.15, -0.1) is 0 Å². The lowest BCUT2D eigenvalue weighted by Gasteiger charge is -2.31. The van der Waals surface area contributed by atoms with Gasteiger partial charge in [0.25, 0.3) is 0 Å². The van der Waals surface area contributed by atoms with Crippen molar-refractivity contribution in [3.8, 4) is 0 Å². The first-order valence-corrected chi connectivity index (χ1v) is 7.94. The molecule has 2 atom stereocenters. The molecule has 0 spiro atoms. The summed E-state index contributed by atoms with van der Waals surface area (Å²) in [6.07, 6.45) is 2.38. The molecule has 100 valence electrons. The van der Waals surface area contributed by atoms with E-state index in [1.165, 1.54) is 12.0 Å². The Morgan fingerprint density at radius 1 is 1.56 bits per heavy atom. The number of nitrogens with one attached hydrogen (secondary N) is 1. The highest BCUT2D eigenvalue weighted by Gasteiger charge is 2.25. The SMILES string of the molecule is CCNC(c1ccc(I)c(Cl)c1)C1CCCOC1. The number of halogens is 2. The Bertz CT molecular complexity index is 393. The summed E-state index contributed by atoms with van der Waals surface area (Å²) in [5.41, 5.74) is 1.28. The minimum absolute atomic E-state index is 0.352. The van der Waals surface area contributed by atoms with E-state index in [4.69, 9.17) is 16.3 Å². The van der Waals surface area contributed by atoms with E-state index in [1.807, 2.05) is 0 Å². The molecule has 1 N–H and O–H groups in total. The van der Waals surface area contributed by atoms with E-state index >= 15 is 0 Å². The fourth-order valence-electron chi connectivity index (χ4n) is 2.51. The van der Waals surface area contributed by atoms with Crippen LogP contribution >= 0.6 is 34.2 Å². The van der Waals surface area contributed by atoms with E-state index in [-0.39, 0.29) is 0 Å². The van der Waals surface area contributed by atoms with Crippen molar-refractivity contribution >= 4 is 34.2 Å². The summed E-state index contributed by atoms with van der Waals surface area (Å²) < 4.78 is 6.72. The number of ether oxygens (including phenoxy) is 1. The van der Waals surface area contributed by atoms with E-state index in [2.05, 4.69) is 53.0 Å². The van der Waals surface area contributed by atoms with Crippen molar-refractivity contribution < 1.29 is 4.74 Å². The molecule has 1 aliphatic heterocycles. The van der Waals surface area contributed by atoms with Crippen LogP contribution in [0.2, 0.25) is 5.02 Å². The predicted molar refractivity (Wildman–Crippen MR) is 84.1 cm³/mol. The summed E-state index contributed by atoms with van der Waals surface area (Å²) in [7, 11) is 0. The van der Waals surface area contributed by atoms with Gasteiger partial charge in [0, 0.05) is 22.1 Å². The summed E-state index contributed by atoms with van der Waals surface area (Å²) in [5.74, 6) is 0.551. The lowest BCUT2D eigenvalue weighted by atomic mass is 9.88. The molecule has 0 saturated carbocycles. The average Bonchev–Trinajstić information content (AvgIpc) is 2.40. The van der Waals surface area contributed by atoms with Crippen molar-refractivity contribution in [2.75, 3.05) is 19.8 Å². The molecule has 18 heavy (non-hydrogen) atoms. The zero-order valence-electron chi connectivity index (χ0n) is 10.6. The van der Waals surface area contributed by atoms with E-state index in [0.29, 0.717) is 12.0 Å². The van der Waals surface area contributed by atoms with Crippen molar-refractivity contribution in [3.05, 3.63) is 32.4 Å². The molecule has 0 amide bonds. The van der Waals surface area contributed by atoms with Gasteiger partial charge in [0.05, 0.1) is 11.6 Å². The molecular formula is C14H19ClINO. The van der Waals surface area contributed by atoms with Crippen LogP contribution in [0, 0.1) is 9.49 Å². The summed E-state index contributed by atoms with van der Waals surface area (Å²) in [5, 5.41) is 4.41. The van der Waals surface area contributed by atoms with Crippen molar-refractivity contribution in [1.29, 1.82) is 0 Å². The molecule has 4 heteroatoms. The first-order chi connectivity index (χ1) is 8.72. The van der Waals surface area contributed by atoms with Gasteiger partial charge in [0.1, 0.15) is 0 Å². The van der Waals surface area contributed by atoms with Crippen LogP contribution in [0.15, 0.2) is 18.2 Å². The topological polar surface area (TPSA) is 21.3 Å².